The van der Waals surface area contributed by atoms with Gasteiger partial charge < -0.3 is 9.22 Å². The number of aryl methyl sites for hydroxylation is 1. The summed E-state index contributed by atoms with van der Waals surface area (Å²) in [5.74, 6) is 0.00784. The standard InChI is InChI=1S/C30H44N2O4SSi/c1-23-13-15-27(16-14-23)37(34,35)32-21-25(19-26(22-33)36-38(6,7)29(2,3)4)30(5)17-18-31(28(30)32)20-24-11-9-8-10-12-24/h8-16,22,25-26,28H,17-21H2,1-7H3/t25-,26?,28+,30-/m0/s1. The zero-order valence-electron chi connectivity index (χ0n) is 24.0. The third kappa shape index (κ3) is 5.56. The molecule has 2 fully saturated rings. The van der Waals surface area contributed by atoms with Crippen LogP contribution in [0.5, 0.6) is 0 Å². The van der Waals surface area contributed by atoms with E-state index in [2.05, 4.69) is 57.8 Å². The van der Waals surface area contributed by atoms with Crippen LogP contribution in [0.4, 0.5) is 0 Å². The second kappa shape index (κ2) is 10.6. The highest BCUT2D eigenvalue weighted by molar-refractivity contribution is 7.89. The summed E-state index contributed by atoms with van der Waals surface area (Å²) in [6.07, 6.45) is 1.53. The van der Waals surface area contributed by atoms with Crippen LogP contribution >= 0.6 is 0 Å². The Labute approximate surface area is 230 Å². The summed E-state index contributed by atoms with van der Waals surface area (Å²) in [5.41, 5.74) is 1.90. The molecule has 2 aromatic carbocycles. The lowest BCUT2D eigenvalue weighted by atomic mass is 9.75. The Kier molecular flexibility index (Phi) is 8.14. The Hall–Kier alpha value is -1.84. The molecule has 0 amide bonds. The topological polar surface area (TPSA) is 66.9 Å². The van der Waals surface area contributed by atoms with Gasteiger partial charge in [-0.2, -0.15) is 4.31 Å². The molecule has 0 aromatic heterocycles. The molecule has 2 aromatic rings. The van der Waals surface area contributed by atoms with Gasteiger partial charge in [0, 0.05) is 25.0 Å². The molecule has 208 valence electrons. The van der Waals surface area contributed by atoms with E-state index in [9.17, 15) is 13.2 Å². The van der Waals surface area contributed by atoms with E-state index in [1.807, 2.05) is 37.3 Å². The molecule has 2 aliphatic heterocycles. The fraction of sp³-hybridized carbons (Fsp3) is 0.567. The molecule has 2 aliphatic rings. The van der Waals surface area contributed by atoms with Crippen LogP contribution < -0.4 is 0 Å². The number of nitrogens with zero attached hydrogens (tertiary/aromatic N) is 2. The van der Waals surface area contributed by atoms with Gasteiger partial charge in [-0.1, -0.05) is 75.7 Å². The third-order valence-corrected chi connectivity index (χ3v) is 15.6. The van der Waals surface area contributed by atoms with E-state index in [1.54, 1.807) is 16.4 Å². The summed E-state index contributed by atoms with van der Waals surface area (Å²) in [6.45, 7) is 16.9. The Morgan fingerprint density at radius 2 is 1.74 bits per heavy atom. The van der Waals surface area contributed by atoms with Gasteiger partial charge in [-0.25, -0.2) is 8.42 Å². The SMILES string of the molecule is Cc1ccc(S(=O)(=O)N2C[C@H](CC(C=O)O[Si](C)(C)C(C)(C)C)[C@]3(C)CCN(Cc4ccccc4)[C@H]23)cc1. The molecule has 0 aliphatic carbocycles. The maximum Gasteiger partial charge on any atom is 0.244 e. The lowest BCUT2D eigenvalue weighted by molar-refractivity contribution is -0.115. The van der Waals surface area contributed by atoms with Crippen molar-refractivity contribution in [1.29, 1.82) is 0 Å². The van der Waals surface area contributed by atoms with E-state index in [-0.39, 0.29) is 22.5 Å². The number of hydrogen-bond donors (Lipinski definition) is 0. The number of likely N-dealkylation sites (tertiary alicyclic amines) is 1. The summed E-state index contributed by atoms with van der Waals surface area (Å²) in [7, 11) is -5.90. The second-order valence-electron chi connectivity index (χ2n) is 13.0. The van der Waals surface area contributed by atoms with Crippen LogP contribution in [0.15, 0.2) is 59.5 Å². The monoisotopic (exact) mass is 556 g/mol. The molecule has 4 rings (SSSR count). The maximum atomic E-state index is 14.1. The van der Waals surface area contributed by atoms with Crippen LogP contribution in [-0.2, 0) is 25.8 Å². The molecule has 38 heavy (non-hydrogen) atoms. The van der Waals surface area contributed by atoms with Crippen LogP contribution in [0.25, 0.3) is 0 Å². The Morgan fingerprint density at radius 1 is 1.11 bits per heavy atom. The van der Waals surface area contributed by atoms with Crippen molar-refractivity contribution in [2.24, 2.45) is 11.3 Å². The lowest BCUT2D eigenvalue weighted by Gasteiger charge is -2.39. The van der Waals surface area contributed by atoms with Gasteiger partial charge in [-0.3, -0.25) is 4.90 Å². The molecule has 0 radical (unpaired) electrons. The van der Waals surface area contributed by atoms with Gasteiger partial charge in [0.1, 0.15) is 12.4 Å². The average Bonchev–Trinajstić information content (AvgIpc) is 3.32. The zero-order valence-corrected chi connectivity index (χ0v) is 25.8. The Bertz CT molecular complexity index is 1230. The zero-order chi connectivity index (χ0) is 27.9. The summed E-state index contributed by atoms with van der Waals surface area (Å²) in [5, 5.41) is -0.0168. The lowest BCUT2D eigenvalue weighted by Crippen LogP contribution is -2.48. The number of hydrogen-bond acceptors (Lipinski definition) is 5. The van der Waals surface area contributed by atoms with Crippen molar-refractivity contribution in [3.63, 3.8) is 0 Å². The van der Waals surface area contributed by atoms with Crippen molar-refractivity contribution >= 4 is 24.6 Å². The quantitative estimate of drug-likeness (QED) is 0.287. The molecule has 8 heteroatoms. The highest BCUT2D eigenvalue weighted by Gasteiger charge is 2.60. The Morgan fingerprint density at radius 3 is 2.32 bits per heavy atom. The van der Waals surface area contributed by atoms with Crippen LogP contribution in [0.2, 0.25) is 18.1 Å². The minimum absolute atomic E-state index is 0.00784. The molecular formula is C30H44N2O4SSi. The van der Waals surface area contributed by atoms with Crippen LogP contribution in [0, 0.1) is 18.3 Å². The number of carbonyl (C=O) groups excluding carboxylic acids is 1. The summed E-state index contributed by atoms with van der Waals surface area (Å²) in [4.78, 5) is 14.9. The first kappa shape index (κ1) is 29.1. The first-order valence-corrected chi connectivity index (χ1v) is 18.0. The second-order valence-corrected chi connectivity index (χ2v) is 19.6. The number of aldehydes is 1. The predicted molar refractivity (Wildman–Crippen MR) is 155 cm³/mol. The van der Waals surface area contributed by atoms with E-state index >= 15 is 0 Å². The van der Waals surface area contributed by atoms with Gasteiger partial charge in [0.05, 0.1) is 11.1 Å². The molecule has 2 heterocycles. The van der Waals surface area contributed by atoms with Crippen LogP contribution in [0.3, 0.4) is 0 Å². The molecule has 2 saturated heterocycles. The fourth-order valence-corrected chi connectivity index (χ4v) is 8.90. The fourth-order valence-electron chi connectivity index (χ4n) is 5.87. The Balaban J connectivity index is 1.68. The van der Waals surface area contributed by atoms with E-state index < -0.39 is 24.4 Å². The van der Waals surface area contributed by atoms with Gasteiger partial charge in [-0.15, -0.1) is 0 Å². The smallest absolute Gasteiger partial charge is 0.244 e. The van der Waals surface area contributed by atoms with Crippen molar-refractivity contribution < 1.29 is 17.6 Å². The first-order valence-electron chi connectivity index (χ1n) is 13.7. The molecule has 4 atom stereocenters. The largest absolute Gasteiger partial charge is 0.407 e. The van der Waals surface area contributed by atoms with Crippen molar-refractivity contribution in [3.05, 3.63) is 65.7 Å². The maximum absolute atomic E-state index is 14.1. The van der Waals surface area contributed by atoms with Crippen LogP contribution in [0.1, 0.15) is 51.7 Å². The highest BCUT2D eigenvalue weighted by Crippen LogP contribution is 2.53. The summed E-state index contributed by atoms with van der Waals surface area (Å²) in [6, 6.07) is 17.4. The van der Waals surface area contributed by atoms with Gasteiger partial charge in [0.2, 0.25) is 10.0 Å². The molecule has 0 N–H and O–H groups in total. The van der Waals surface area contributed by atoms with E-state index in [1.165, 1.54) is 5.56 Å². The van der Waals surface area contributed by atoms with Crippen molar-refractivity contribution in [2.75, 3.05) is 13.1 Å². The van der Waals surface area contributed by atoms with E-state index in [0.717, 1.165) is 24.8 Å². The molecule has 6 nitrogen and oxygen atoms in total. The van der Waals surface area contributed by atoms with Gasteiger partial charge in [0.15, 0.2) is 8.32 Å². The predicted octanol–water partition coefficient (Wildman–Crippen LogP) is 5.83. The van der Waals surface area contributed by atoms with Gasteiger partial charge in [-0.05, 0) is 61.5 Å². The van der Waals surface area contributed by atoms with E-state index in [0.29, 0.717) is 24.4 Å². The molecular weight excluding hydrogens is 512 g/mol. The number of rotatable bonds is 9. The molecule has 1 unspecified atom stereocenters. The molecule has 0 saturated carbocycles. The average molecular weight is 557 g/mol. The van der Waals surface area contributed by atoms with E-state index in [4.69, 9.17) is 4.43 Å². The minimum atomic E-state index is -3.74. The summed E-state index contributed by atoms with van der Waals surface area (Å²) >= 11 is 0. The van der Waals surface area contributed by atoms with Gasteiger partial charge in [0.25, 0.3) is 0 Å². The molecule has 0 bridgehead atoms. The minimum Gasteiger partial charge on any atom is -0.407 e. The number of carbonyl (C=O) groups is 1. The van der Waals surface area contributed by atoms with Crippen molar-refractivity contribution in [3.8, 4) is 0 Å². The normalized spacial score (nSPS) is 25.9. The number of fused-ring (bicyclic) bond motifs is 1. The van der Waals surface area contributed by atoms with Crippen molar-refractivity contribution in [2.45, 2.75) is 89.3 Å². The number of sulfonamides is 1. The van der Waals surface area contributed by atoms with Crippen molar-refractivity contribution in [1.82, 2.24) is 9.21 Å². The highest BCUT2D eigenvalue weighted by atomic mass is 32.2. The number of benzene rings is 2. The summed E-state index contributed by atoms with van der Waals surface area (Å²) < 4.78 is 36.4. The molecule has 0 spiro atoms. The first-order chi connectivity index (χ1) is 17.7. The third-order valence-electron chi connectivity index (χ3n) is 9.26. The van der Waals surface area contributed by atoms with Crippen LogP contribution in [-0.4, -0.2) is 57.6 Å². The van der Waals surface area contributed by atoms with Gasteiger partial charge >= 0.3 is 0 Å².